The number of carbonyl (C=O) groups excluding carboxylic acids is 2. The van der Waals surface area contributed by atoms with Gasteiger partial charge in [-0.15, -0.1) is 11.8 Å². The minimum Gasteiger partial charge on any atom is -0.467 e. The maximum atomic E-state index is 12.9. The Morgan fingerprint density at radius 2 is 2.19 bits per heavy atom. The van der Waals surface area contributed by atoms with Crippen LogP contribution in [-0.2, 0) is 20.7 Å². The van der Waals surface area contributed by atoms with Crippen molar-refractivity contribution >= 4 is 29.2 Å². The van der Waals surface area contributed by atoms with Crippen molar-refractivity contribution in [2.45, 2.75) is 30.8 Å². The first kappa shape index (κ1) is 20.2. The van der Waals surface area contributed by atoms with Gasteiger partial charge in [0.25, 0.3) is 5.72 Å². The largest absolute Gasteiger partial charge is 0.467 e. The van der Waals surface area contributed by atoms with Crippen LogP contribution in [0.15, 0.2) is 29.3 Å². The van der Waals surface area contributed by atoms with Crippen LogP contribution in [0.5, 0.6) is 0 Å². The number of methoxy groups -OCH3 is 1. The summed E-state index contributed by atoms with van der Waals surface area (Å²) in [4.78, 5) is 26.2. The van der Waals surface area contributed by atoms with Gasteiger partial charge in [0.1, 0.15) is 10.6 Å². The Hall–Kier alpha value is -2.07. The number of benzene rings is 1. The number of aliphatic imine (C=N–C) groups is 1. The van der Waals surface area contributed by atoms with Crippen molar-refractivity contribution < 1.29 is 32.6 Å². The highest BCUT2D eigenvalue weighted by molar-refractivity contribution is 8.14. The third-order valence-corrected chi connectivity index (χ3v) is 5.04. The molecule has 2 rings (SSSR count). The summed E-state index contributed by atoms with van der Waals surface area (Å²) in [5.41, 5.74) is -3.48. The molecule has 0 fully saturated rings. The Morgan fingerprint density at radius 1 is 1.50 bits per heavy atom. The molecule has 1 aromatic rings. The number of carbonyl (C=O) groups is 2. The Bertz CT molecular complexity index is 740. The minimum absolute atomic E-state index is 0.0507. The SMILES string of the molecule is COC(=O)[C@@](C)(Cc1cccc(C2=NC(O)(C(F)(F)F)CS2)c1)NC=O. The molecule has 0 saturated carbocycles. The van der Waals surface area contributed by atoms with E-state index in [-0.39, 0.29) is 11.5 Å². The first-order valence-corrected chi connectivity index (χ1v) is 8.44. The van der Waals surface area contributed by atoms with Crippen LogP contribution < -0.4 is 5.32 Å². The molecule has 1 heterocycles. The van der Waals surface area contributed by atoms with Gasteiger partial charge in [0, 0.05) is 12.0 Å². The average Bonchev–Trinajstić information content (AvgIpc) is 2.98. The number of hydrogen-bond acceptors (Lipinski definition) is 6. The second kappa shape index (κ2) is 7.28. The molecule has 0 aromatic heterocycles. The third-order valence-electron chi connectivity index (χ3n) is 3.90. The van der Waals surface area contributed by atoms with Crippen LogP contribution >= 0.6 is 11.8 Å². The molecule has 0 radical (unpaired) electrons. The first-order chi connectivity index (χ1) is 12.0. The molecule has 0 spiro atoms. The van der Waals surface area contributed by atoms with Crippen LogP contribution in [0.2, 0.25) is 0 Å². The number of thioether (sulfide) groups is 1. The summed E-state index contributed by atoms with van der Waals surface area (Å²) in [6, 6.07) is 6.37. The number of aliphatic hydroxyl groups is 1. The second-order valence-electron chi connectivity index (χ2n) is 5.98. The lowest BCUT2D eigenvalue weighted by Crippen LogP contribution is -2.51. The zero-order valence-corrected chi connectivity index (χ0v) is 14.8. The predicted molar refractivity (Wildman–Crippen MR) is 89.8 cm³/mol. The van der Waals surface area contributed by atoms with Crippen LogP contribution in [0, 0.1) is 0 Å². The van der Waals surface area contributed by atoms with E-state index >= 15 is 0 Å². The summed E-state index contributed by atoms with van der Waals surface area (Å²) in [7, 11) is 1.19. The van der Waals surface area contributed by atoms with Crippen LogP contribution in [0.3, 0.4) is 0 Å². The molecule has 1 aliphatic rings. The summed E-state index contributed by atoms with van der Waals surface area (Å²) >= 11 is 0.794. The van der Waals surface area contributed by atoms with Crippen molar-refractivity contribution in [1.82, 2.24) is 5.32 Å². The summed E-state index contributed by atoms with van der Waals surface area (Å²) < 4.78 is 43.3. The molecule has 1 aromatic carbocycles. The quantitative estimate of drug-likeness (QED) is 0.570. The van der Waals surface area contributed by atoms with Gasteiger partial charge in [-0.3, -0.25) is 4.79 Å². The summed E-state index contributed by atoms with van der Waals surface area (Å²) in [5.74, 6) is -1.28. The van der Waals surface area contributed by atoms with Crippen LogP contribution in [0.4, 0.5) is 13.2 Å². The molecule has 1 aliphatic heterocycles. The molecular weight excluding hydrogens is 373 g/mol. The fourth-order valence-corrected chi connectivity index (χ4v) is 3.53. The number of amides is 1. The van der Waals surface area contributed by atoms with Gasteiger partial charge in [-0.2, -0.15) is 13.2 Å². The molecule has 26 heavy (non-hydrogen) atoms. The van der Waals surface area contributed by atoms with E-state index in [9.17, 15) is 27.9 Å². The fourth-order valence-electron chi connectivity index (χ4n) is 2.45. The Balaban J connectivity index is 2.30. The number of rotatable bonds is 6. The highest BCUT2D eigenvalue weighted by Gasteiger charge is 2.56. The number of alkyl halides is 3. The predicted octanol–water partition coefficient (Wildman–Crippen LogP) is 1.65. The molecule has 10 heteroatoms. The third kappa shape index (κ3) is 4.01. The molecule has 0 aliphatic carbocycles. The minimum atomic E-state index is -4.86. The van der Waals surface area contributed by atoms with Gasteiger partial charge in [-0.1, -0.05) is 18.2 Å². The lowest BCUT2D eigenvalue weighted by Gasteiger charge is -2.26. The number of ether oxygens (including phenoxy) is 1. The average molecular weight is 390 g/mol. The van der Waals surface area contributed by atoms with E-state index in [0.29, 0.717) is 17.5 Å². The van der Waals surface area contributed by atoms with Gasteiger partial charge in [0.05, 0.1) is 12.9 Å². The summed E-state index contributed by atoms with van der Waals surface area (Å²) in [6.07, 6.45) is -4.43. The van der Waals surface area contributed by atoms with Crippen molar-refractivity contribution in [3.63, 3.8) is 0 Å². The van der Waals surface area contributed by atoms with Gasteiger partial charge >= 0.3 is 12.1 Å². The number of hydrogen-bond donors (Lipinski definition) is 2. The fraction of sp³-hybridized carbons (Fsp3) is 0.438. The van der Waals surface area contributed by atoms with E-state index < -0.39 is 29.2 Å². The zero-order valence-electron chi connectivity index (χ0n) is 14.0. The molecule has 0 bridgehead atoms. The van der Waals surface area contributed by atoms with Crippen molar-refractivity contribution in [2.24, 2.45) is 4.99 Å². The maximum Gasteiger partial charge on any atom is 0.439 e. The standard InChI is InChI=1S/C16H17F3N2O4S/c1-14(20-9-22,13(23)25-2)7-10-4-3-5-11(6-10)12-21-15(24,8-26-12)16(17,18)19/h3-6,9,24H,7-8H2,1-2H3,(H,20,22)/t14-,15?/m1/s1. The molecule has 142 valence electrons. The lowest BCUT2D eigenvalue weighted by molar-refractivity contribution is -0.245. The van der Waals surface area contributed by atoms with E-state index in [1.54, 1.807) is 24.3 Å². The van der Waals surface area contributed by atoms with Gasteiger partial charge in [0.2, 0.25) is 6.41 Å². The Labute approximate surface area is 151 Å². The summed E-state index contributed by atoms with van der Waals surface area (Å²) in [6.45, 7) is 1.48. The smallest absolute Gasteiger partial charge is 0.439 e. The molecule has 6 nitrogen and oxygen atoms in total. The van der Waals surface area contributed by atoms with Gasteiger partial charge < -0.3 is 15.2 Å². The maximum absolute atomic E-state index is 12.9. The lowest BCUT2D eigenvalue weighted by atomic mass is 9.92. The van der Waals surface area contributed by atoms with Crippen molar-refractivity contribution in [1.29, 1.82) is 0 Å². The van der Waals surface area contributed by atoms with Crippen LogP contribution in [-0.4, -0.2) is 52.8 Å². The van der Waals surface area contributed by atoms with Crippen molar-refractivity contribution in [3.05, 3.63) is 35.4 Å². The number of halogens is 3. The molecule has 0 saturated heterocycles. The van der Waals surface area contributed by atoms with E-state index in [1.807, 2.05) is 0 Å². The molecule has 1 amide bonds. The molecule has 2 atom stereocenters. The number of nitrogens with one attached hydrogen (secondary N) is 1. The highest BCUT2D eigenvalue weighted by Crippen LogP contribution is 2.40. The number of esters is 1. The highest BCUT2D eigenvalue weighted by atomic mass is 32.2. The van der Waals surface area contributed by atoms with Crippen LogP contribution in [0.1, 0.15) is 18.1 Å². The van der Waals surface area contributed by atoms with E-state index in [1.165, 1.54) is 14.0 Å². The normalized spacial score (nSPS) is 22.3. The van der Waals surface area contributed by atoms with Crippen molar-refractivity contribution in [3.8, 4) is 0 Å². The summed E-state index contributed by atoms with van der Waals surface area (Å²) in [5, 5.41) is 12.1. The topological polar surface area (TPSA) is 88.0 Å². The van der Waals surface area contributed by atoms with Gasteiger partial charge in [0.15, 0.2) is 0 Å². The monoisotopic (exact) mass is 390 g/mol. The van der Waals surface area contributed by atoms with E-state index in [0.717, 1.165) is 11.8 Å². The van der Waals surface area contributed by atoms with E-state index in [4.69, 9.17) is 0 Å². The Morgan fingerprint density at radius 3 is 2.73 bits per heavy atom. The van der Waals surface area contributed by atoms with Crippen molar-refractivity contribution in [2.75, 3.05) is 12.9 Å². The zero-order chi connectivity index (χ0) is 19.6. The van der Waals surface area contributed by atoms with E-state index in [2.05, 4.69) is 15.0 Å². The van der Waals surface area contributed by atoms with Gasteiger partial charge in [-0.25, -0.2) is 9.79 Å². The van der Waals surface area contributed by atoms with Crippen LogP contribution in [0.25, 0.3) is 0 Å². The second-order valence-corrected chi connectivity index (χ2v) is 6.95. The Kier molecular flexibility index (Phi) is 5.67. The van der Waals surface area contributed by atoms with Gasteiger partial charge in [-0.05, 0) is 18.6 Å². The molecule has 2 N–H and O–H groups in total. The molecular formula is C16H17F3N2O4S. The number of nitrogens with zero attached hydrogens (tertiary/aromatic N) is 1. The molecule has 1 unspecified atom stereocenters. The first-order valence-electron chi connectivity index (χ1n) is 7.45.